The molecule has 1 aromatic rings. The Morgan fingerprint density at radius 3 is 2.58 bits per heavy atom. The van der Waals surface area contributed by atoms with Gasteiger partial charge in [-0.3, -0.25) is 4.79 Å². The van der Waals surface area contributed by atoms with Gasteiger partial charge >= 0.3 is 5.97 Å². The summed E-state index contributed by atoms with van der Waals surface area (Å²) in [7, 11) is 0. The summed E-state index contributed by atoms with van der Waals surface area (Å²) in [6.07, 6.45) is -2.58. The molecule has 5 nitrogen and oxygen atoms in total. The van der Waals surface area contributed by atoms with E-state index in [1.165, 1.54) is 6.92 Å². The van der Waals surface area contributed by atoms with E-state index in [4.69, 9.17) is 10.5 Å². The molecular formula is C11H14F2N2O3S. The summed E-state index contributed by atoms with van der Waals surface area (Å²) in [5.41, 5.74) is 5.61. The predicted octanol–water partition coefficient (Wildman–Crippen LogP) is 2.39. The molecule has 1 rings (SSSR count). The van der Waals surface area contributed by atoms with Crippen LogP contribution in [-0.4, -0.2) is 31.3 Å². The molecule has 0 spiro atoms. The highest BCUT2D eigenvalue weighted by molar-refractivity contribution is 7.19. The van der Waals surface area contributed by atoms with Gasteiger partial charge in [-0.1, -0.05) is 0 Å². The molecule has 0 fully saturated rings. The quantitative estimate of drug-likeness (QED) is 0.621. The van der Waals surface area contributed by atoms with Crippen molar-refractivity contribution in [3.8, 4) is 0 Å². The van der Waals surface area contributed by atoms with Crippen LogP contribution in [0, 0.1) is 0 Å². The SMILES string of the molecule is CCOC(=O)c1c(NCC(F)F)sc(C(C)=O)c1N. The number of anilines is 2. The first-order chi connectivity index (χ1) is 8.88. The van der Waals surface area contributed by atoms with Crippen molar-refractivity contribution in [1.82, 2.24) is 0 Å². The molecule has 0 bridgehead atoms. The number of thiophene rings is 1. The fourth-order valence-corrected chi connectivity index (χ4v) is 2.42. The van der Waals surface area contributed by atoms with Gasteiger partial charge in [0.1, 0.15) is 10.6 Å². The highest BCUT2D eigenvalue weighted by atomic mass is 32.1. The van der Waals surface area contributed by atoms with E-state index in [0.29, 0.717) is 0 Å². The molecule has 1 aromatic heterocycles. The van der Waals surface area contributed by atoms with Crippen molar-refractivity contribution < 1.29 is 23.1 Å². The van der Waals surface area contributed by atoms with Crippen LogP contribution in [0.15, 0.2) is 0 Å². The highest BCUT2D eigenvalue weighted by Crippen LogP contribution is 2.36. The van der Waals surface area contributed by atoms with Crippen LogP contribution in [0.5, 0.6) is 0 Å². The number of esters is 1. The number of ether oxygens (including phenoxy) is 1. The Balaban J connectivity index is 3.15. The fraction of sp³-hybridized carbons (Fsp3) is 0.455. The van der Waals surface area contributed by atoms with E-state index >= 15 is 0 Å². The normalized spacial score (nSPS) is 10.6. The van der Waals surface area contributed by atoms with Crippen molar-refractivity contribution in [1.29, 1.82) is 0 Å². The first-order valence-electron chi connectivity index (χ1n) is 5.50. The van der Waals surface area contributed by atoms with Gasteiger partial charge < -0.3 is 15.8 Å². The van der Waals surface area contributed by atoms with Crippen LogP contribution in [0.1, 0.15) is 33.9 Å². The van der Waals surface area contributed by atoms with Gasteiger partial charge in [-0.2, -0.15) is 0 Å². The van der Waals surface area contributed by atoms with Gasteiger partial charge in [0.25, 0.3) is 6.43 Å². The lowest BCUT2D eigenvalue weighted by Crippen LogP contribution is -2.14. The number of carbonyl (C=O) groups is 2. The summed E-state index contributed by atoms with van der Waals surface area (Å²) < 4.78 is 29.2. The van der Waals surface area contributed by atoms with E-state index in [1.54, 1.807) is 6.92 Å². The third-order valence-corrected chi connectivity index (χ3v) is 3.43. The van der Waals surface area contributed by atoms with E-state index in [9.17, 15) is 18.4 Å². The van der Waals surface area contributed by atoms with Gasteiger partial charge in [0.05, 0.1) is 23.7 Å². The molecule has 0 aliphatic rings. The van der Waals surface area contributed by atoms with E-state index < -0.39 is 18.9 Å². The Kier molecular flexibility index (Phi) is 5.22. The topological polar surface area (TPSA) is 81.4 Å². The summed E-state index contributed by atoms with van der Waals surface area (Å²) in [6, 6.07) is 0. The van der Waals surface area contributed by atoms with Crippen molar-refractivity contribution in [2.75, 3.05) is 24.2 Å². The zero-order valence-corrected chi connectivity index (χ0v) is 11.3. The second-order valence-electron chi connectivity index (χ2n) is 3.60. The molecule has 0 radical (unpaired) electrons. The van der Waals surface area contributed by atoms with Crippen LogP contribution in [-0.2, 0) is 4.74 Å². The lowest BCUT2D eigenvalue weighted by molar-refractivity contribution is 0.0529. The molecule has 8 heteroatoms. The molecule has 0 saturated carbocycles. The van der Waals surface area contributed by atoms with Gasteiger partial charge in [0.15, 0.2) is 5.78 Å². The zero-order valence-electron chi connectivity index (χ0n) is 10.5. The second-order valence-corrected chi connectivity index (χ2v) is 4.62. The molecule has 0 saturated heterocycles. The minimum atomic E-state index is -2.58. The Morgan fingerprint density at radius 1 is 1.47 bits per heavy atom. The van der Waals surface area contributed by atoms with Crippen LogP contribution >= 0.6 is 11.3 Å². The molecule has 1 heterocycles. The Hall–Kier alpha value is -1.70. The number of halogens is 2. The third-order valence-electron chi connectivity index (χ3n) is 2.16. The van der Waals surface area contributed by atoms with Crippen LogP contribution in [0.2, 0.25) is 0 Å². The molecule has 0 aliphatic heterocycles. The Bertz CT molecular complexity index is 489. The molecular weight excluding hydrogens is 278 g/mol. The minimum Gasteiger partial charge on any atom is -0.462 e. The first-order valence-corrected chi connectivity index (χ1v) is 6.32. The molecule has 106 valence electrons. The number of ketones is 1. The fourth-order valence-electron chi connectivity index (χ4n) is 1.41. The summed E-state index contributed by atoms with van der Waals surface area (Å²) in [5, 5.41) is 2.53. The number of alkyl halides is 2. The number of Topliss-reactive ketones (excluding diaryl/α,β-unsaturated/α-hetero) is 1. The van der Waals surface area contributed by atoms with Gasteiger partial charge in [-0.25, -0.2) is 13.6 Å². The number of nitrogens with one attached hydrogen (secondary N) is 1. The number of nitrogen functional groups attached to an aromatic ring is 1. The number of rotatable bonds is 6. The number of carbonyl (C=O) groups excluding carboxylic acids is 2. The standard InChI is InChI=1S/C11H14F2N2O3S/c1-3-18-11(17)7-8(14)9(5(2)16)19-10(7)15-4-6(12)13/h6,15H,3-4,14H2,1-2H3. The first kappa shape index (κ1) is 15.4. The van der Waals surface area contributed by atoms with Crippen LogP contribution in [0.4, 0.5) is 19.5 Å². The summed E-state index contributed by atoms with van der Waals surface area (Å²) in [6.45, 7) is 2.38. The molecule has 0 aromatic carbocycles. The summed E-state index contributed by atoms with van der Waals surface area (Å²) in [4.78, 5) is 23.2. The zero-order chi connectivity index (χ0) is 14.6. The maximum atomic E-state index is 12.2. The average Bonchev–Trinajstić information content (AvgIpc) is 2.64. The highest BCUT2D eigenvalue weighted by Gasteiger charge is 2.25. The van der Waals surface area contributed by atoms with Crippen LogP contribution in [0.25, 0.3) is 0 Å². The van der Waals surface area contributed by atoms with Gasteiger partial charge in [0.2, 0.25) is 0 Å². The molecule has 0 amide bonds. The molecule has 0 atom stereocenters. The largest absolute Gasteiger partial charge is 0.462 e. The minimum absolute atomic E-state index is 0.0345. The van der Waals surface area contributed by atoms with E-state index in [1.807, 2.05) is 0 Å². The number of hydrogen-bond acceptors (Lipinski definition) is 6. The van der Waals surface area contributed by atoms with Gasteiger partial charge in [-0.15, -0.1) is 11.3 Å². The molecule has 0 unspecified atom stereocenters. The maximum Gasteiger partial charge on any atom is 0.343 e. The Morgan fingerprint density at radius 2 is 2.11 bits per heavy atom. The Labute approximate surface area is 112 Å². The number of nitrogens with two attached hydrogens (primary N) is 1. The monoisotopic (exact) mass is 292 g/mol. The smallest absolute Gasteiger partial charge is 0.343 e. The maximum absolute atomic E-state index is 12.2. The van der Waals surface area contributed by atoms with Crippen molar-refractivity contribution >= 4 is 33.8 Å². The van der Waals surface area contributed by atoms with Gasteiger partial charge in [0, 0.05) is 6.92 Å². The molecule has 0 aliphatic carbocycles. The van der Waals surface area contributed by atoms with Gasteiger partial charge in [-0.05, 0) is 6.92 Å². The van der Waals surface area contributed by atoms with Crippen molar-refractivity contribution in [2.24, 2.45) is 0 Å². The lowest BCUT2D eigenvalue weighted by Gasteiger charge is -2.06. The second kappa shape index (κ2) is 6.46. The van der Waals surface area contributed by atoms with E-state index in [2.05, 4.69) is 5.32 Å². The third kappa shape index (κ3) is 3.63. The molecule has 19 heavy (non-hydrogen) atoms. The average molecular weight is 292 g/mol. The van der Waals surface area contributed by atoms with Crippen LogP contribution in [0.3, 0.4) is 0 Å². The summed E-state index contributed by atoms with van der Waals surface area (Å²) >= 11 is 0.871. The van der Waals surface area contributed by atoms with E-state index in [0.717, 1.165) is 11.3 Å². The molecule has 3 N–H and O–H groups in total. The summed E-state index contributed by atoms with van der Waals surface area (Å²) in [5.74, 6) is -1.07. The van der Waals surface area contributed by atoms with Crippen molar-refractivity contribution in [3.63, 3.8) is 0 Å². The lowest BCUT2D eigenvalue weighted by atomic mass is 10.2. The predicted molar refractivity (Wildman–Crippen MR) is 69.2 cm³/mol. The van der Waals surface area contributed by atoms with Crippen molar-refractivity contribution in [3.05, 3.63) is 10.4 Å². The van der Waals surface area contributed by atoms with E-state index in [-0.39, 0.29) is 33.5 Å². The van der Waals surface area contributed by atoms with Crippen LogP contribution < -0.4 is 11.1 Å². The van der Waals surface area contributed by atoms with Crippen molar-refractivity contribution in [2.45, 2.75) is 20.3 Å². The number of hydrogen-bond donors (Lipinski definition) is 2.